The number of hydrogen-bond acceptors (Lipinski definition) is 7. The summed E-state index contributed by atoms with van der Waals surface area (Å²) in [5.41, 5.74) is 0.974. The number of halogens is 3. The van der Waals surface area contributed by atoms with Crippen molar-refractivity contribution < 1.29 is 28.0 Å². The van der Waals surface area contributed by atoms with Crippen molar-refractivity contribution in [1.82, 2.24) is 4.98 Å². The smallest absolute Gasteiger partial charge is 0.274 e. The summed E-state index contributed by atoms with van der Waals surface area (Å²) in [7, 11) is 1.27. The van der Waals surface area contributed by atoms with Crippen LogP contribution in [0.3, 0.4) is 0 Å². The van der Waals surface area contributed by atoms with Crippen LogP contribution in [0.1, 0.15) is 5.56 Å². The first-order valence-electron chi connectivity index (χ1n) is 8.92. The van der Waals surface area contributed by atoms with Crippen molar-refractivity contribution in [3.8, 4) is 23.0 Å². The Morgan fingerprint density at radius 1 is 1.22 bits per heavy atom. The number of phenolic OH excluding ortho intramolecular Hbond substituents is 1. The second-order valence-electron chi connectivity index (χ2n) is 6.52. The van der Waals surface area contributed by atoms with E-state index in [2.05, 4.69) is 9.98 Å². The number of methoxy groups -OCH3 is 1. The van der Waals surface area contributed by atoms with Crippen LogP contribution in [0.25, 0.3) is 22.6 Å². The average Bonchev–Trinajstić information content (AvgIpc) is 3.18. The molecule has 32 heavy (non-hydrogen) atoms. The highest BCUT2D eigenvalue weighted by atomic mass is 35.5. The summed E-state index contributed by atoms with van der Waals surface area (Å²) >= 11 is 5.97. The quantitative estimate of drug-likeness (QED) is 0.175. The van der Waals surface area contributed by atoms with Crippen LogP contribution in [-0.4, -0.2) is 28.3 Å². The van der Waals surface area contributed by atoms with Crippen LogP contribution in [-0.2, 0) is 0 Å². The van der Waals surface area contributed by atoms with Crippen LogP contribution in [0, 0.1) is 21.7 Å². The fourth-order valence-corrected chi connectivity index (χ4v) is 3.15. The van der Waals surface area contributed by atoms with Crippen molar-refractivity contribution >= 4 is 40.3 Å². The van der Waals surface area contributed by atoms with Crippen molar-refractivity contribution in [1.29, 1.82) is 0 Å². The molecule has 8 nitrogen and oxygen atoms in total. The minimum atomic E-state index is -1.09. The first-order chi connectivity index (χ1) is 15.3. The molecule has 0 aliphatic rings. The molecular formula is C21H12ClF2N3O5. The van der Waals surface area contributed by atoms with E-state index in [1.807, 2.05) is 0 Å². The molecule has 1 N–H and O–H groups in total. The van der Waals surface area contributed by atoms with Gasteiger partial charge in [-0.15, -0.1) is 0 Å². The normalized spacial score (nSPS) is 11.4. The van der Waals surface area contributed by atoms with E-state index < -0.39 is 16.6 Å². The van der Waals surface area contributed by atoms with E-state index in [1.54, 1.807) is 12.1 Å². The molecule has 4 rings (SSSR count). The van der Waals surface area contributed by atoms with Crippen LogP contribution in [0.2, 0.25) is 5.02 Å². The van der Waals surface area contributed by atoms with Gasteiger partial charge in [-0.1, -0.05) is 11.6 Å². The summed E-state index contributed by atoms with van der Waals surface area (Å²) in [6, 6.07) is 8.64. The lowest BCUT2D eigenvalue weighted by Crippen LogP contribution is -1.94. The lowest BCUT2D eigenvalue weighted by molar-refractivity contribution is -0.385. The molecule has 162 valence electrons. The van der Waals surface area contributed by atoms with Crippen molar-refractivity contribution in [3.63, 3.8) is 0 Å². The third-order valence-electron chi connectivity index (χ3n) is 4.48. The molecule has 0 amide bonds. The molecule has 0 saturated carbocycles. The second kappa shape index (κ2) is 8.23. The topological polar surface area (TPSA) is 111 Å². The van der Waals surface area contributed by atoms with Gasteiger partial charge < -0.3 is 14.3 Å². The van der Waals surface area contributed by atoms with E-state index in [0.717, 1.165) is 24.3 Å². The molecule has 0 unspecified atom stereocenters. The highest BCUT2D eigenvalue weighted by Crippen LogP contribution is 2.35. The number of non-ortho nitro benzene ring substituents is 1. The Bertz CT molecular complexity index is 1400. The van der Waals surface area contributed by atoms with Gasteiger partial charge in [0.1, 0.15) is 5.52 Å². The molecule has 4 aromatic rings. The van der Waals surface area contributed by atoms with Crippen LogP contribution >= 0.6 is 11.6 Å². The number of aromatic hydroxyl groups is 1. The molecule has 1 aromatic heterocycles. The number of phenols is 1. The Morgan fingerprint density at radius 3 is 2.69 bits per heavy atom. The number of oxazole rings is 1. The summed E-state index contributed by atoms with van der Waals surface area (Å²) in [5, 5.41) is 21.2. The summed E-state index contributed by atoms with van der Waals surface area (Å²) in [6.07, 6.45) is 1.24. The van der Waals surface area contributed by atoms with E-state index >= 15 is 0 Å². The van der Waals surface area contributed by atoms with Gasteiger partial charge in [-0.3, -0.25) is 15.1 Å². The maximum absolute atomic E-state index is 13.6. The van der Waals surface area contributed by atoms with Crippen LogP contribution in [0.5, 0.6) is 11.5 Å². The molecule has 0 bridgehead atoms. The fourth-order valence-electron chi connectivity index (χ4n) is 2.92. The van der Waals surface area contributed by atoms with Crippen LogP contribution in [0.15, 0.2) is 51.9 Å². The second-order valence-corrected chi connectivity index (χ2v) is 6.93. The van der Waals surface area contributed by atoms with Gasteiger partial charge in [0.15, 0.2) is 28.7 Å². The third-order valence-corrected chi connectivity index (χ3v) is 4.80. The fraction of sp³-hybridized carbons (Fsp3) is 0.0476. The van der Waals surface area contributed by atoms with Crippen LogP contribution < -0.4 is 4.74 Å². The van der Waals surface area contributed by atoms with Crippen molar-refractivity contribution in [2.24, 2.45) is 4.99 Å². The third kappa shape index (κ3) is 3.95. The van der Waals surface area contributed by atoms with E-state index in [-0.39, 0.29) is 39.2 Å². The molecule has 0 spiro atoms. The van der Waals surface area contributed by atoms with Gasteiger partial charge in [0.25, 0.3) is 5.69 Å². The standard InChI is InChI=1S/C21H12ClF2N3O5/c1-31-19-6-12(27(29)30)4-10(20(19)28)9-25-11-2-3-18-17(5-11)26-21(32-18)13-7-15(23)16(24)8-14(13)22/h2-9,28H,1H3. The molecule has 0 saturated heterocycles. The van der Waals surface area contributed by atoms with E-state index in [1.165, 1.54) is 19.4 Å². The number of nitro benzene ring substituents is 1. The van der Waals surface area contributed by atoms with E-state index in [9.17, 15) is 24.0 Å². The van der Waals surface area contributed by atoms with Gasteiger partial charge in [-0.2, -0.15) is 0 Å². The van der Waals surface area contributed by atoms with Crippen molar-refractivity contribution in [2.75, 3.05) is 7.11 Å². The summed E-state index contributed by atoms with van der Waals surface area (Å²) < 4.78 is 37.4. The molecule has 0 aliphatic carbocycles. The summed E-state index contributed by atoms with van der Waals surface area (Å²) in [5.74, 6) is -2.57. The van der Waals surface area contributed by atoms with Crippen LogP contribution in [0.4, 0.5) is 20.2 Å². The molecule has 0 fully saturated rings. The number of ether oxygens (including phenoxy) is 1. The number of hydrogen-bond donors (Lipinski definition) is 1. The number of fused-ring (bicyclic) bond motifs is 1. The molecule has 0 atom stereocenters. The minimum Gasteiger partial charge on any atom is -0.504 e. The maximum atomic E-state index is 13.6. The predicted molar refractivity (Wildman–Crippen MR) is 113 cm³/mol. The molecular weight excluding hydrogens is 448 g/mol. The van der Waals surface area contributed by atoms with Gasteiger partial charge in [-0.25, -0.2) is 13.8 Å². The number of nitrogens with zero attached hydrogens (tertiary/aromatic N) is 3. The zero-order chi connectivity index (χ0) is 23.0. The molecule has 3 aromatic carbocycles. The van der Waals surface area contributed by atoms with Gasteiger partial charge in [0, 0.05) is 17.8 Å². The maximum Gasteiger partial charge on any atom is 0.274 e. The predicted octanol–water partition coefficient (Wildman–Crippen LogP) is 5.80. The number of rotatable bonds is 5. The van der Waals surface area contributed by atoms with Gasteiger partial charge in [0.05, 0.1) is 34.4 Å². The van der Waals surface area contributed by atoms with Crippen molar-refractivity contribution in [3.05, 3.63) is 74.8 Å². The highest BCUT2D eigenvalue weighted by Gasteiger charge is 2.17. The Hall–Kier alpha value is -4.05. The molecule has 1 heterocycles. The SMILES string of the molecule is COc1cc([N+](=O)[O-])cc(C=Nc2ccc3oc(-c4cc(F)c(F)cc4Cl)nc3c2)c1O. The van der Waals surface area contributed by atoms with Gasteiger partial charge in [0.2, 0.25) is 5.89 Å². The van der Waals surface area contributed by atoms with Gasteiger partial charge in [-0.05, 0) is 30.3 Å². The first kappa shape index (κ1) is 21.2. The van der Waals surface area contributed by atoms with E-state index in [4.69, 9.17) is 20.8 Å². The zero-order valence-corrected chi connectivity index (χ0v) is 16.9. The minimum absolute atomic E-state index is 0.00825. The number of aromatic nitrogens is 1. The van der Waals surface area contributed by atoms with Gasteiger partial charge >= 0.3 is 0 Å². The highest BCUT2D eigenvalue weighted by molar-refractivity contribution is 6.33. The Morgan fingerprint density at radius 2 is 1.97 bits per heavy atom. The average molecular weight is 460 g/mol. The largest absolute Gasteiger partial charge is 0.504 e. The molecule has 11 heteroatoms. The van der Waals surface area contributed by atoms with E-state index in [0.29, 0.717) is 16.8 Å². The Balaban J connectivity index is 1.70. The number of aliphatic imine (C=N–C) groups is 1. The lowest BCUT2D eigenvalue weighted by atomic mass is 10.1. The number of benzene rings is 3. The lowest BCUT2D eigenvalue weighted by Gasteiger charge is -2.05. The zero-order valence-electron chi connectivity index (χ0n) is 16.2. The summed E-state index contributed by atoms with van der Waals surface area (Å²) in [4.78, 5) is 18.9. The Kier molecular flexibility index (Phi) is 5.45. The monoisotopic (exact) mass is 459 g/mol. The molecule has 0 aliphatic heterocycles. The summed E-state index contributed by atoms with van der Waals surface area (Å²) in [6.45, 7) is 0. The Labute approximate surface area is 183 Å². The van der Waals surface area contributed by atoms with Crippen molar-refractivity contribution in [2.45, 2.75) is 0 Å². The number of nitro groups is 1. The molecule has 0 radical (unpaired) electrons. The first-order valence-corrected chi connectivity index (χ1v) is 9.29.